The number of methoxy groups -OCH3 is 1. The van der Waals surface area contributed by atoms with Gasteiger partial charge in [0.25, 0.3) is 11.8 Å². The molecule has 12 heteroatoms. The molecule has 1 saturated carbocycles. The summed E-state index contributed by atoms with van der Waals surface area (Å²) in [6.07, 6.45) is -0.929. The Morgan fingerprint density at radius 2 is 2.03 bits per heavy atom. The molecule has 2 saturated heterocycles. The second kappa shape index (κ2) is 8.99. The predicted octanol–water partition coefficient (Wildman–Crippen LogP) is 2.76. The second-order valence-corrected chi connectivity index (χ2v) is 9.48. The molecule has 186 valence electrons. The molecular weight excluding hydrogens is 475 g/mol. The van der Waals surface area contributed by atoms with Crippen LogP contribution in [0.3, 0.4) is 0 Å². The molecule has 0 bridgehead atoms. The van der Waals surface area contributed by atoms with E-state index in [4.69, 9.17) is 34.6 Å². The molecule has 7 nitrogen and oxygen atoms in total. The van der Waals surface area contributed by atoms with E-state index in [2.05, 4.69) is 4.98 Å². The van der Waals surface area contributed by atoms with Crippen molar-refractivity contribution in [1.82, 2.24) is 9.88 Å². The number of aromatic nitrogens is 1. The number of carbonyl (C=O) groups is 1. The minimum Gasteiger partial charge on any atom is -0.488 e. The monoisotopic (exact) mass is 498 g/mol. The van der Waals surface area contributed by atoms with Crippen LogP contribution in [0, 0.1) is 11.7 Å². The van der Waals surface area contributed by atoms with Gasteiger partial charge in [0, 0.05) is 31.7 Å². The molecule has 1 aromatic carbocycles. The molecule has 2 atom stereocenters. The first-order valence-electron chi connectivity index (χ1n) is 11.6. The third-order valence-electron chi connectivity index (χ3n) is 6.82. The largest absolute Gasteiger partial charge is 0.488 e. The Bertz CT molecular complexity index is 1160. The minimum atomic E-state index is -2.63. The number of rotatable bonds is 6. The summed E-state index contributed by atoms with van der Waals surface area (Å²) in [5, 5.41) is 0. The first-order valence-corrected chi connectivity index (χ1v) is 11.6. The van der Waals surface area contributed by atoms with Gasteiger partial charge in [0.15, 0.2) is 5.75 Å². The third-order valence-corrected chi connectivity index (χ3v) is 6.82. The van der Waals surface area contributed by atoms with Gasteiger partial charge in [0.05, 0.1) is 25.8 Å². The summed E-state index contributed by atoms with van der Waals surface area (Å²) in [6, 6.07) is 8.92. The van der Waals surface area contributed by atoms with Gasteiger partial charge in [-0.1, -0.05) is 12.1 Å². The van der Waals surface area contributed by atoms with E-state index in [1.807, 2.05) is 0 Å². The number of halogens is 3. The zero-order valence-electron chi connectivity index (χ0n) is 19.6. The summed E-state index contributed by atoms with van der Waals surface area (Å²) >= 11 is 0. The number of hydrogen-bond donors (Lipinski definition) is 0. The number of likely N-dealkylation sites (tertiary alicyclic amines) is 1. The quantitative estimate of drug-likeness (QED) is 0.571. The summed E-state index contributed by atoms with van der Waals surface area (Å²) < 4.78 is 62.5. The Kier molecular flexibility index (Phi) is 6.23. The molecule has 1 aromatic heterocycles. The average Bonchev–Trinajstić information content (AvgIpc) is 3.11. The Morgan fingerprint density at radius 3 is 2.72 bits per heavy atom. The molecule has 3 heterocycles. The molecule has 1 aliphatic carbocycles. The van der Waals surface area contributed by atoms with Crippen molar-refractivity contribution in [3.63, 3.8) is 0 Å². The number of fused-ring (bicyclic) bond motifs is 1. The summed E-state index contributed by atoms with van der Waals surface area (Å²) in [4.78, 5) is 19.1. The lowest BCUT2D eigenvalue weighted by Crippen LogP contribution is -2.53. The van der Waals surface area contributed by atoms with Crippen molar-refractivity contribution in [3.8, 4) is 11.6 Å². The normalized spacial score (nSPS) is 26.7. The molecule has 0 spiro atoms. The Hall–Kier alpha value is -2.72. The van der Waals surface area contributed by atoms with Crippen molar-refractivity contribution in [2.45, 2.75) is 42.5 Å². The Labute approximate surface area is 209 Å². The molecule has 2 aliphatic heterocycles. The van der Waals surface area contributed by atoms with E-state index in [-0.39, 0.29) is 62.2 Å². The van der Waals surface area contributed by atoms with Crippen LogP contribution in [0.15, 0.2) is 36.4 Å². The fraction of sp³-hybridized carbons (Fsp3) is 0.500. The lowest BCUT2D eigenvalue weighted by molar-refractivity contribution is -0.119. The summed E-state index contributed by atoms with van der Waals surface area (Å²) in [5.74, 6) is -3.39. The summed E-state index contributed by atoms with van der Waals surface area (Å²) in [5.41, 5.74) is -2.41. The van der Waals surface area contributed by atoms with E-state index in [9.17, 15) is 18.0 Å². The standard InChI is InChI=1S/C24H23B2F3N2O5/c1-33-20-18(34-13-14-10-22(28,29)11-14)6-5-17(30-20)21(32)31-8-7-23(15-3-2-4-16(27)9-15)19(12-31)35-24(25,26)36-23/h2-6,9,14,19H,7-8,10-13H2,1H3/t19?,23-/m1/s1. The molecule has 4 radical (unpaired) electrons. The number of ether oxygens (including phenoxy) is 4. The maximum atomic E-state index is 14.0. The van der Waals surface area contributed by atoms with Crippen LogP contribution in [0.1, 0.15) is 35.3 Å². The van der Waals surface area contributed by atoms with Gasteiger partial charge in [-0.05, 0) is 29.8 Å². The number of hydrogen-bond acceptors (Lipinski definition) is 6. The molecule has 0 N–H and O–H groups in total. The molecule has 3 aliphatic rings. The predicted molar refractivity (Wildman–Crippen MR) is 123 cm³/mol. The zero-order valence-corrected chi connectivity index (χ0v) is 19.6. The van der Waals surface area contributed by atoms with E-state index in [0.29, 0.717) is 5.56 Å². The van der Waals surface area contributed by atoms with Crippen molar-refractivity contribution in [3.05, 3.63) is 53.5 Å². The fourth-order valence-electron chi connectivity index (χ4n) is 5.08. The van der Waals surface area contributed by atoms with Gasteiger partial charge < -0.3 is 23.8 Å². The molecular formula is C24H23B2F3N2O5. The van der Waals surface area contributed by atoms with Crippen LogP contribution in [0.2, 0.25) is 0 Å². The summed E-state index contributed by atoms with van der Waals surface area (Å²) in [6.45, 7) is 0.418. The number of piperidine rings is 1. The van der Waals surface area contributed by atoms with Crippen molar-refractivity contribution >= 4 is 21.6 Å². The van der Waals surface area contributed by atoms with Crippen LogP contribution in [0.5, 0.6) is 11.6 Å². The molecule has 1 amide bonds. The third kappa shape index (κ3) is 4.68. The minimum absolute atomic E-state index is 0.0708. The van der Waals surface area contributed by atoms with Crippen LogP contribution in [0.4, 0.5) is 13.2 Å². The molecule has 36 heavy (non-hydrogen) atoms. The lowest BCUT2D eigenvalue weighted by Gasteiger charge is -2.42. The van der Waals surface area contributed by atoms with E-state index in [1.165, 1.54) is 36.3 Å². The van der Waals surface area contributed by atoms with Crippen molar-refractivity contribution in [2.24, 2.45) is 5.92 Å². The zero-order chi connectivity index (χ0) is 25.7. The smallest absolute Gasteiger partial charge is 0.272 e. The van der Waals surface area contributed by atoms with Crippen molar-refractivity contribution < 1.29 is 36.9 Å². The maximum absolute atomic E-state index is 14.0. The first-order chi connectivity index (χ1) is 17.0. The number of pyridine rings is 1. The molecule has 1 unspecified atom stereocenters. The number of benzene rings is 1. The first kappa shape index (κ1) is 25.0. The highest BCUT2D eigenvalue weighted by molar-refractivity contribution is 6.38. The van der Waals surface area contributed by atoms with Gasteiger partial charge in [0.1, 0.15) is 38.9 Å². The van der Waals surface area contributed by atoms with E-state index < -0.39 is 34.9 Å². The van der Waals surface area contributed by atoms with Crippen molar-refractivity contribution in [2.75, 3.05) is 26.8 Å². The van der Waals surface area contributed by atoms with Gasteiger partial charge in [-0.3, -0.25) is 4.79 Å². The number of nitrogens with zero attached hydrogens (tertiary/aromatic N) is 2. The molecule has 5 rings (SSSR count). The highest BCUT2D eigenvalue weighted by Crippen LogP contribution is 2.47. The van der Waals surface area contributed by atoms with E-state index >= 15 is 0 Å². The van der Waals surface area contributed by atoms with Crippen LogP contribution in [-0.2, 0) is 15.1 Å². The van der Waals surface area contributed by atoms with Gasteiger partial charge in [-0.15, -0.1) is 0 Å². The van der Waals surface area contributed by atoms with Gasteiger partial charge >= 0.3 is 0 Å². The Balaban J connectivity index is 1.30. The second-order valence-electron chi connectivity index (χ2n) is 9.48. The Morgan fingerprint density at radius 1 is 1.25 bits per heavy atom. The molecule has 2 aromatic rings. The fourth-order valence-corrected chi connectivity index (χ4v) is 5.08. The highest BCUT2D eigenvalue weighted by Gasteiger charge is 2.56. The number of carbonyl (C=O) groups excluding carboxylic acids is 1. The van der Waals surface area contributed by atoms with Crippen molar-refractivity contribution in [1.29, 1.82) is 0 Å². The van der Waals surface area contributed by atoms with Crippen LogP contribution < -0.4 is 9.47 Å². The van der Waals surface area contributed by atoms with E-state index in [1.54, 1.807) is 12.1 Å². The van der Waals surface area contributed by atoms with Gasteiger partial charge in [-0.25, -0.2) is 18.2 Å². The SMILES string of the molecule is [B]C1([B])OC2CN(C(=O)c3ccc(OCC4CC(F)(F)C4)c(OC)n3)CC[C@]2(c2cccc(F)c2)O1. The van der Waals surface area contributed by atoms with Gasteiger partial charge in [-0.2, -0.15) is 0 Å². The molecule has 3 fully saturated rings. The lowest BCUT2D eigenvalue weighted by atomic mass is 9.76. The van der Waals surface area contributed by atoms with Crippen LogP contribution in [-0.4, -0.2) is 75.9 Å². The summed E-state index contributed by atoms with van der Waals surface area (Å²) in [7, 11) is 13.2. The van der Waals surface area contributed by atoms with Gasteiger partial charge in [0.2, 0.25) is 5.92 Å². The highest BCUT2D eigenvalue weighted by atomic mass is 19.3. The van der Waals surface area contributed by atoms with Crippen LogP contribution >= 0.6 is 0 Å². The van der Waals surface area contributed by atoms with Crippen LogP contribution in [0.25, 0.3) is 0 Å². The number of amides is 1. The van der Waals surface area contributed by atoms with E-state index in [0.717, 1.165) is 0 Å². The topological polar surface area (TPSA) is 70.1 Å². The number of alkyl halides is 2. The average molecular weight is 498 g/mol. The maximum Gasteiger partial charge on any atom is 0.272 e.